The lowest BCUT2D eigenvalue weighted by Gasteiger charge is -2.28. The molecule has 3 nitrogen and oxygen atoms in total. The maximum absolute atomic E-state index is 9.12. The fourth-order valence-corrected chi connectivity index (χ4v) is 4.08. The molecule has 0 saturated carbocycles. The molecule has 0 spiro atoms. The number of hydrogen-bond acceptors (Lipinski definition) is 3. The van der Waals surface area contributed by atoms with E-state index in [9.17, 15) is 0 Å². The Morgan fingerprint density at radius 2 is 0.931 bits per heavy atom. The quantitative estimate of drug-likeness (QED) is 0.125. The summed E-state index contributed by atoms with van der Waals surface area (Å²) in [5.41, 5.74) is 5.90. The fourth-order valence-electron chi connectivity index (χ4n) is 4.08. The summed E-state index contributed by atoms with van der Waals surface area (Å²) >= 11 is 0. The van der Waals surface area contributed by atoms with Gasteiger partial charge in [-0.1, -0.05) is 103 Å². The van der Waals surface area contributed by atoms with Crippen molar-refractivity contribution in [2.45, 2.75) is 141 Å². The Balaban J connectivity index is 3.30. The van der Waals surface area contributed by atoms with Crippen LogP contribution in [0.2, 0.25) is 0 Å². The average molecular weight is 412 g/mol. The zero-order chi connectivity index (χ0) is 21.5. The molecule has 0 aliphatic rings. The van der Waals surface area contributed by atoms with Crippen molar-refractivity contribution in [2.24, 2.45) is 5.73 Å². The summed E-state index contributed by atoms with van der Waals surface area (Å²) in [4.78, 5) is 0. The summed E-state index contributed by atoms with van der Waals surface area (Å²) in [5, 5.41) is 18.2. The number of rotatable bonds is 23. The molecule has 29 heavy (non-hydrogen) atoms. The largest absolute Gasteiger partial charge is 0.396 e. The minimum absolute atomic E-state index is 0.116. The van der Waals surface area contributed by atoms with Gasteiger partial charge in [-0.2, -0.15) is 0 Å². The van der Waals surface area contributed by atoms with E-state index < -0.39 is 0 Å². The second-order valence-corrected chi connectivity index (χ2v) is 9.06. The summed E-state index contributed by atoms with van der Waals surface area (Å²) < 4.78 is 0. The van der Waals surface area contributed by atoms with E-state index in [1.54, 1.807) is 0 Å². The number of allylic oxidation sites excluding steroid dienone is 2. The van der Waals surface area contributed by atoms with Crippen LogP contribution >= 0.6 is 0 Å². The van der Waals surface area contributed by atoms with Crippen LogP contribution in [0.4, 0.5) is 0 Å². The van der Waals surface area contributed by atoms with Crippen LogP contribution in [-0.4, -0.2) is 29.0 Å². The number of aliphatic hydroxyl groups excluding tert-OH is 2. The van der Waals surface area contributed by atoms with Crippen molar-refractivity contribution in [2.75, 3.05) is 13.2 Å². The van der Waals surface area contributed by atoms with E-state index in [1.165, 1.54) is 103 Å². The molecule has 0 aromatic heterocycles. The highest BCUT2D eigenvalue weighted by molar-refractivity contribution is 4.83. The topological polar surface area (TPSA) is 66.5 Å². The molecule has 0 atom stereocenters. The maximum atomic E-state index is 9.12. The van der Waals surface area contributed by atoms with Crippen LogP contribution in [0.5, 0.6) is 0 Å². The first-order chi connectivity index (χ1) is 14.2. The van der Waals surface area contributed by atoms with Crippen molar-refractivity contribution in [3.63, 3.8) is 0 Å². The Hall–Kier alpha value is -0.380. The van der Waals surface area contributed by atoms with Gasteiger partial charge in [0, 0.05) is 18.8 Å². The van der Waals surface area contributed by atoms with E-state index >= 15 is 0 Å². The Labute approximate surface area is 182 Å². The minimum atomic E-state index is -0.368. The predicted molar refractivity (Wildman–Crippen MR) is 128 cm³/mol. The third-order valence-corrected chi connectivity index (χ3v) is 6.16. The molecule has 0 aromatic rings. The fraction of sp³-hybridized carbons (Fsp3) is 0.923. The lowest BCUT2D eigenvalue weighted by Crippen LogP contribution is -2.41. The van der Waals surface area contributed by atoms with Gasteiger partial charge in [-0.3, -0.25) is 0 Å². The Kier molecular flexibility index (Phi) is 22.0. The molecule has 0 rings (SSSR count). The number of aliphatic hydroxyl groups is 2. The Morgan fingerprint density at radius 1 is 0.552 bits per heavy atom. The lowest BCUT2D eigenvalue weighted by molar-refractivity contribution is 0.183. The summed E-state index contributed by atoms with van der Waals surface area (Å²) in [6.07, 6.45) is 29.6. The van der Waals surface area contributed by atoms with Gasteiger partial charge in [0.05, 0.1) is 0 Å². The first-order valence-electron chi connectivity index (χ1n) is 12.8. The lowest BCUT2D eigenvalue weighted by atomic mass is 9.87. The van der Waals surface area contributed by atoms with Crippen LogP contribution in [0, 0.1) is 0 Å². The average Bonchev–Trinajstić information content (AvgIpc) is 2.70. The summed E-state index contributed by atoms with van der Waals surface area (Å²) in [5.74, 6) is 0. The van der Waals surface area contributed by atoms with Crippen molar-refractivity contribution in [1.29, 1.82) is 0 Å². The van der Waals surface area contributed by atoms with Crippen molar-refractivity contribution < 1.29 is 10.2 Å². The van der Waals surface area contributed by atoms with Gasteiger partial charge < -0.3 is 15.9 Å². The second kappa shape index (κ2) is 22.3. The van der Waals surface area contributed by atoms with Crippen molar-refractivity contribution in [1.82, 2.24) is 0 Å². The van der Waals surface area contributed by atoms with Gasteiger partial charge in [-0.15, -0.1) is 0 Å². The van der Waals surface area contributed by atoms with E-state index in [-0.39, 0.29) is 18.8 Å². The van der Waals surface area contributed by atoms with Crippen molar-refractivity contribution >= 4 is 0 Å². The first-order valence-corrected chi connectivity index (χ1v) is 12.8. The Bertz CT molecular complexity index is 338. The monoisotopic (exact) mass is 411 g/mol. The highest BCUT2D eigenvalue weighted by Crippen LogP contribution is 2.21. The zero-order valence-corrected chi connectivity index (χ0v) is 19.7. The van der Waals surface area contributed by atoms with E-state index in [0.29, 0.717) is 12.8 Å². The van der Waals surface area contributed by atoms with Crippen LogP contribution in [0.15, 0.2) is 12.2 Å². The SMILES string of the molecule is CCCCCCCC/C=C\CCCCCCCCCCCC(N)(CCO)CCO. The normalized spacial score (nSPS) is 12.3. The van der Waals surface area contributed by atoms with Gasteiger partial charge in [0.15, 0.2) is 0 Å². The van der Waals surface area contributed by atoms with Crippen LogP contribution in [-0.2, 0) is 0 Å². The highest BCUT2D eigenvalue weighted by Gasteiger charge is 2.22. The summed E-state index contributed by atoms with van der Waals surface area (Å²) in [6, 6.07) is 0. The molecule has 0 amide bonds. The number of unbranched alkanes of at least 4 members (excludes halogenated alkanes) is 15. The van der Waals surface area contributed by atoms with Gasteiger partial charge >= 0.3 is 0 Å². The molecule has 4 N–H and O–H groups in total. The zero-order valence-electron chi connectivity index (χ0n) is 19.7. The maximum Gasteiger partial charge on any atom is 0.0448 e. The molecule has 0 heterocycles. The molecule has 0 saturated heterocycles. The standard InChI is InChI=1S/C26H53NO2/c1-2-3-4-5-6-7-8-9-10-11-12-13-14-15-16-17-18-19-20-21-26(27,22-24-28)23-25-29/h9-10,28-29H,2-8,11-25,27H2,1H3/b10-9-. The van der Waals surface area contributed by atoms with Gasteiger partial charge in [0.1, 0.15) is 0 Å². The van der Waals surface area contributed by atoms with E-state index in [2.05, 4.69) is 19.1 Å². The molecular weight excluding hydrogens is 358 g/mol. The van der Waals surface area contributed by atoms with Crippen LogP contribution in [0.25, 0.3) is 0 Å². The molecule has 0 radical (unpaired) electrons. The van der Waals surface area contributed by atoms with E-state index in [4.69, 9.17) is 15.9 Å². The van der Waals surface area contributed by atoms with Crippen LogP contribution < -0.4 is 5.73 Å². The van der Waals surface area contributed by atoms with Gasteiger partial charge in [0.25, 0.3) is 0 Å². The molecule has 0 aliphatic carbocycles. The Morgan fingerprint density at radius 3 is 1.34 bits per heavy atom. The van der Waals surface area contributed by atoms with Crippen LogP contribution in [0.1, 0.15) is 135 Å². The highest BCUT2D eigenvalue weighted by atomic mass is 16.3. The molecule has 0 fully saturated rings. The first kappa shape index (κ1) is 28.6. The molecule has 3 heteroatoms. The second-order valence-electron chi connectivity index (χ2n) is 9.06. The molecule has 0 aromatic carbocycles. The molecule has 174 valence electrons. The van der Waals surface area contributed by atoms with Crippen molar-refractivity contribution in [3.8, 4) is 0 Å². The van der Waals surface area contributed by atoms with Gasteiger partial charge in [0.2, 0.25) is 0 Å². The van der Waals surface area contributed by atoms with Crippen LogP contribution in [0.3, 0.4) is 0 Å². The summed E-state index contributed by atoms with van der Waals surface area (Å²) in [7, 11) is 0. The van der Waals surface area contributed by atoms with Gasteiger partial charge in [-0.05, 0) is 44.9 Å². The van der Waals surface area contributed by atoms with E-state index in [1.807, 2.05) is 0 Å². The molecule has 0 aliphatic heterocycles. The summed E-state index contributed by atoms with van der Waals surface area (Å²) in [6.45, 7) is 2.51. The molecule has 0 unspecified atom stereocenters. The van der Waals surface area contributed by atoms with Gasteiger partial charge in [-0.25, -0.2) is 0 Å². The molecule has 0 bridgehead atoms. The number of nitrogens with two attached hydrogens (primary N) is 1. The smallest absolute Gasteiger partial charge is 0.0448 e. The molecular formula is C26H53NO2. The predicted octanol–water partition coefficient (Wildman–Crippen LogP) is 7.05. The number of hydrogen-bond donors (Lipinski definition) is 3. The third-order valence-electron chi connectivity index (χ3n) is 6.16. The minimum Gasteiger partial charge on any atom is -0.396 e. The van der Waals surface area contributed by atoms with Crippen molar-refractivity contribution in [3.05, 3.63) is 12.2 Å². The van der Waals surface area contributed by atoms with E-state index in [0.717, 1.165) is 12.8 Å². The third kappa shape index (κ3) is 20.7.